The summed E-state index contributed by atoms with van der Waals surface area (Å²) >= 11 is 3.41. The molecule has 0 radical (unpaired) electrons. The minimum Gasteiger partial charge on any atom is -0.392 e. The zero-order chi connectivity index (χ0) is 14.5. The highest BCUT2D eigenvalue weighted by Gasteiger charge is 2.10. The third-order valence-electron chi connectivity index (χ3n) is 3.54. The van der Waals surface area contributed by atoms with Gasteiger partial charge >= 0.3 is 0 Å². The number of rotatable bonds is 6. The lowest BCUT2D eigenvalue weighted by molar-refractivity contribution is 0.174. The molecule has 2 rings (SSSR count). The quantitative estimate of drug-likeness (QED) is 0.872. The van der Waals surface area contributed by atoms with Crippen LogP contribution in [0, 0.1) is 0 Å². The Morgan fingerprint density at radius 1 is 1.20 bits per heavy atom. The zero-order valence-corrected chi connectivity index (χ0v) is 13.5. The van der Waals surface area contributed by atoms with Crippen molar-refractivity contribution in [2.45, 2.75) is 45.3 Å². The van der Waals surface area contributed by atoms with Crippen LogP contribution < -0.4 is 0 Å². The van der Waals surface area contributed by atoms with Gasteiger partial charge in [0.2, 0.25) is 0 Å². The van der Waals surface area contributed by atoms with Crippen LogP contribution in [0.3, 0.4) is 0 Å². The number of aromatic nitrogens is 2. The topological polar surface area (TPSA) is 38.0 Å². The minimum absolute atomic E-state index is 0.392. The summed E-state index contributed by atoms with van der Waals surface area (Å²) in [5.74, 6) is 0. The molecule has 1 aromatic heterocycles. The highest BCUT2D eigenvalue weighted by atomic mass is 79.9. The number of aliphatic hydroxyl groups excluding tert-OH is 1. The number of nitrogens with zero attached hydrogens (tertiary/aromatic N) is 2. The molecule has 108 valence electrons. The van der Waals surface area contributed by atoms with E-state index in [0.717, 1.165) is 22.2 Å². The molecule has 2 unspecified atom stereocenters. The molecule has 2 atom stereocenters. The van der Waals surface area contributed by atoms with E-state index in [1.165, 1.54) is 0 Å². The van der Waals surface area contributed by atoms with E-state index in [9.17, 15) is 5.11 Å². The smallest absolute Gasteiger partial charge is 0.0650 e. The first kappa shape index (κ1) is 15.3. The van der Waals surface area contributed by atoms with Gasteiger partial charge in [0.05, 0.1) is 11.8 Å². The minimum atomic E-state index is -0.392. The molecule has 4 heteroatoms. The highest BCUT2D eigenvalue weighted by molar-refractivity contribution is 9.10. The standard InChI is InChI=1S/C16H21BrN2O/c1-3-12(2)19-9-8-15(18-19)11-16(20)10-13-4-6-14(17)7-5-13/h4-9,12,16,20H,3,10-11H2,1-2H3. The molecular formula is C16H21BrN2O. The predicted octanol–water partition coefficient (Wildman–Crippen LogP) is 3.76. The molecule has 0 fully saturated rings. The summed E-state index contributed by atoms with van der Waals surface area (Å²) in [5.41, 5.74) is 2.09. The van der Waals surface area contributed by atoms with Crippen molar-refractivity contribution >= 4 is 15.9 Å². The van der Waals surface area contributed by atoms with Gasteiger partial charge in [-0.3, -0.25) is 4.68 Å². The van der Waals surface area contributed by atoms with Gasteiger partial charge in [0.15, 0.2) is 0 Å². The third kappa shape index (κ3) is 4.18. The molecule has 2 aromatic rings. The van der Waals surface area contributed by atoms with Crippen molar-refractivity contribution in [2.24, 2.45) is 0 Å². The van der Waals surface area contributed by atoms with Crippen LogP contribution >= 0.6 is 15.9 Å². The Bertz CT molecular complexity index is 536. The van der Waals surface area contributed by atoms with Crippen LogP contribution in [0.2, 0.25) is 0 Å². The summed E-state index contributed by atoms with van der Waals surface area (Å²) in [5, 5.41) is 14.7. The van der Waals surface area contributed by atoms with Gasteiger partial charge in [0.25, 0.3) is 0 Å². The van der Waals surface area contributed by atoms with E-state index >= 15 is 0 Å². The monoisotopic (exact) mass is 336 g/mol. The molecule has 0 amide bonds. The van der Waals surface area contributed by atoms with Crippen molar-refractivity contribution in [1.82, 2.24) is 9.78 Å². The Morgan fingerprint density at radius 3 is 2.55 bits per heavy atom. The first-order chi connectivity index (χ1) is 9.58. The predicted molar refractivity (Wildman–Crippen MR) is 84.8 cm³/mol. The van der Waals surface area contributed by atoms with Crippen LogP contribution in [0.5, 0.6) is 0 Å². The molecule has 0 spiro atoms. The summed E-state index contributed by atoms with van der Waals surface area (Å²) in [6.45, 7) is 4.30. The average Bonchev–Trinajstić information content (AvgIpc) is 2.89. The van der Waals surface area contributed by atoms with E-state index in [-0.39, 0.29) is 0 Å². The van der Waals surface area contributed by atoms with E-state index in [1.807, 2.05) is 41.2 Å². The van der Waals surface area contributed by atoms with E-state index in [1.54, 1.807) is 0 Å². The number of halogens is 1. The van der Waals surface area contributed by atoms with Crippen LogP contribution in [-0.2, 0) is 12.8 Å². The number of hydrogen-bond acceptors (Lipinski definition) is 2. The van der Waals surface area contributed by atoms with Crippen molar-refractivity contribution in [3.8, 4) is 0 Å². The Kier molecular flexibility index (Phi) is 5.38. The van der Waals surface area contributed by atoms with Gasteiger partial charge in [-0.15, -0.1) is 0 Å². The van der Waals surface area contributed by atoms with Crippen LogP contribution in [-0.4, -0.2) is 21.0 Å². The lowest BCUT2D eigenvalue weighted by Crippen LogP contribution is -2.15. The first-order valence-corrected chi connectivity index (χ1v) is 7.84. The van der Waals surface area contributed by atoms with Gasteiger partial charge in [-0.2, -0.15) is 5.10 Å². The van der Waals surface area contributed by atoms with Crippen LogP contribution in [0.25, 0.3) is 0 Å². The summed E-state index contributed by atoms with van der Waals surface area (Å²) < 4.78 is 3.03. The lowest BCUT2D eigenvalue weighted by Gasteiger charge is -2.10. The van der Waals surface area contributed by atoms with E-state index in [2.05, 4.69) is 34.9 Å². The normalized spacial score (nSPS) is 14.2. The lowest BCUT2D eigenvalue weighted by atomic mass is 10.0. The van der Waals surface area contributed by atoms with E-state index in [0.29, 0.717) is 18.9 Å². The summed E-state index contributed by atoms with van der Waals surface area (Å²) in [6.07, 6.45) is 3.91. The molecule has 0 aliphatic carbocycles. The fraction of sp³-hybridized carbons (Fsp3) is 0.438. The van der Waals surface area contributed by atoms with E-state index in [4.69, 9.17) is 0 Å². The maximum Gasteiger partial charge on any atom is 0.0650 e. The van der Waals surface area contributed by atoms with Crippen LogP contribution in [0.1, 0.15) is 37.6 Å². The van der Waals surface area contributed by atoms with Gasteiger partial charge in [0.1, 0.15) is 0 Å². The molecule has 1 aromatic carbocycles. The highest BCUT2D eigenvalue weighted by Crippen LogP contribution is 2.14. The van der Waals surface area contributed by atoms with Gasteiger partial charge in [-0.25, -0.2) is 0 Å². The maximum absolute atomic E-state index is 10.2. The van der Waals surface area contributed by atoms with Crippen LogP contribution in [0.15, 0.2) is 41.0 Å². The van der Waals surface area contributed by atoms with Gasteiger partial charge in [-0.1, -0.05) is 35.0 Å². The number of benzene rings is 1. The molecule has 3 nitrogen and oxygen atoms in total. The average molecular weight is 337 g/mol. The number of hydrogen-bond donors (Lipinski definition) is 1. The van der Waals surface area contributed by atoms with Gasteiger partial charge in [-0.05, 0) is 43.5 Å². The molecule has 0 saturated carbocycles. The van der Waals surface area contributed by atoms with Crippen LogP contribution in [0.4, 0.5) is 0 Å². The summed E-state index contributed by atoms with van der Waals surface area (Å²) in [4.78, 5) is 0. The molecule has 1 N–H and O–H groups in total. The van der Waals surface area contributed by atoms with Crippen molar-refractivity contribution < 1.29 is 5.11 Å². The van der Waals surface area contributed by atoms with Crippen molar-refractivity contribution in [3.05, 3.63) is 52.3 Å². The summed E-state index contributed by atoms with van der Waals surface area (Å²) in [6, 6.07) is 10.5. The molecule has 1 heterocycles. The van der Waals surface area contributed by atoms with Crippen molar-refractivity contribution in [2.75, 3.05) is 0 Å². The third-order valence-corrected chi connectivity index (χ3v) is 4.06. The van der Waals surface area contributed by atoms with Gasteiger partial charge in [0, 0.05) is 23.1 Å². The van der Waals surface area contributed by atoms with Crippen molar-refractivity contribution in [1.29, 1.82) is 0 Å². The Hall–Kier alpha value is -1.13. The molecule has 20 heavy (non-hydrogen) atoms. The zero-order valence-electron chi connectivity index (χ0n) is 12.0. The largest absolute Gasteiger partial charge is 0.392 e. The molecule has 0 saturated heterocycles. The van der Waals surface area contributed by atoms with Gasteiger partial charge < -0.3 is 5.11 Å². The fourth-order valence-corrected chi connectivity index (χ4v) is 2.39. The second-order valence-electron chi connectivity index (χ2n) is 5.23. The number of aliphatic hydroxyl groups is 1. The second-order valence-corrected chi connectivity index (χ2v) is 6.15. The fourth-order valence-electron chi connectivity index (χ4n) is 2.12. The summed E-state index contributed by atoms with van der Waals surface area (Å²) in [7, 11) is 0. The van der Waals surface area contributed by atoms with E-state index < -0.39 is 6.10 Å². The Balaban J connectivity index is 1.92. The molecule has 0 aliphatic heterocycles. The second kappa shape index (κ2) is 7.04. The van der Waals surface area contributed by atoms with Crippen molar-refractivity contribution in [3.63, 3.8) is 0 Å². The maximum atomic E-state index is 10.2. The Morgan fingerprint density at radius 2 is 1.90 bits per heavy atom. The first-order valence-electron chi connectivity index (χ1n) is 7.05. The molecular weight excluding hydrogens is 316 g/mol. The molecule has 0 bridgehead atoms. The SMILES string of the molecule is CCC(C)n1ccc(CC(O)Cc2ccc(Br)cc2)n1. The molecule has 0 aliphatic rings. The Labute approximate surface area is 128 Å².